The minimum absolute atomic E-state index is 0.00896. The molecule has 1 saturated heterocycles. The summed E-state index contributed by atoms with van der Waals surface area (Å²) >= 11 is 0. The number of nitrogens with zero attached hydrogens (tertiary/aromatic N) is 2. The molecule has 0 spiro atoms. The normalized spacial score (nSPS) is 18.5. The fourth-order valence-corrected chi connectivity index (χ4v) is 4.34. The van der Waals surface area contributed by atoms with Gasteiger partial charge < -0.3 is 14.7 Å². The molecule has 170 valence electrons. The van der Waals surface area contributed by atoms with Crippen molar-refractivity contribution >= 4 is 27.5 Å². The van der Waals surface area contributed by atoms with E-state index in [4.69, 9.17) is 4.74 Å². The van der Waals surface area contributed by atoms with E-state index in [0.29, 0.717) is 5.56 Å². The maximum Gasteiger partial charge on any atom is 0.295 e. The van der Waals surface area contributed by atoms with Crippen molar-refractivity contribution in [2.45, 2.75) is 10.9 Å². The first-order valence-corrected chi connectivity index (χ1v) is 11.1. The number of rotatable bonds is 7. The lowest BCUT2D eigenvalue weighted by atomic mass is 9.95. The number of likely N-dealkylation sites (tertiary alicyclic amines) is 1. The molecule has 32 heavy (non-hydrogen) atoms. The molecular formula is C22H23FN2O6S. The van der Waals surface area contributed by atoms with E-state index in [-0.39, 0.29) is 29.2 Å². The molecule has 1 aliphatic rings. The van der Waals surface area contributed by atoms with Crippen LogP contribution in [-0.2, 0) is 24.3 Å². The molecule has 1 unspecified atom stereocenters. The van der Waals surface area contributed by atoms with Crippen LogP contribution in [0.2, 0.25) is 0 Å². The zero-order chi connectivity index (χ0) is 23.6. The topological polar surface area (TPSA) is 104 Å². The number of hydrogen-bond donors (Lipinski definition) is 1. The zero-order valence-electron chi connectivity index (χ0n) is 17.8. The van der Waals surface area contributed by atoms with E-state index in [0.717, 1.165) is 4.31 Å². The highest BCUT2D eigenvalue weighted by Gasteiger charge is 2.45. The van der Waals surface area contributed by atoms with Gasteiger partial charge in [0.25, 0.3) is 11.7 Å². The molecule has 1 heterocycles. The summed E-state index contributed by atoms with van der Waals surface area (Å²) < 4.78 is 44.1. The number of carbonyl (C=O) groups excluding carboxylic acids is 2. The van der Waals surface area contributed by atoms with E-state index in [9.17, 15) is 27.5 Å². The Morgan fingerprint density at radius 3 is 2.22 bits per heavy atom. The van der Waals surface area contributed by atoms with Crippen molar-refractivity contribution in [2.75, 3.05) is 34.4 Å². The average Bonchev–Trinajstić information content (AvgIpc) is 3.02. The third-order valence-corrected chi connectivity index (χ3v) is 7.00. The number of benzene rings is 2. The van der Waals surface area contributed by atoms with Crippen LogP contribution < -0.4 is 0 Å². The van der Waals surface area contributed by atoms with E-state index in [1.54, 1.807) is 0 Å². The van der Waals surface area contributed by atoms with Gasteiger partial charge in [-0.3, -0.25) is 9.59 Å². The van der Waals surface area contributed by atoms with Crippen molar-refractivity contribution in [3.8, 4) is 0 Å². The van der Waals surface area contributed by atoms with Crippen molar-refractivity contribution < 1.29 is 32.2 Å². The van der Waals surface area contributed by atoms with E-state index in [1.165, 1.54) is 74.6 Å². The van der Waals surface area contributed by atoms with Crippen molar-refractivity contribution in [3.63, 3.8) is 0 Å². The van der Waals surface area contributed by atoms with Gasteiger partial charge in [-0.05, 0) is 42.0 Å². The molecule has 1 aliphatic heterocycles. The van der Waals surface area contributed by atoms with Crippen molar-refractivity contribution in [1.29, 1.82) is 0 Å². The van der Waals surface area contributed by atoms with Crippen LogP contribution in [0.15, 0.2) is 59.0 Å². The first-order valence-electron chi connectivity index (χ1n) is 9.65. The number of methoxy groups -OCH3 is 1. The average molecular weight is 462 g/mol. The van der Waals surface area contributed by atoms with Crippen molar-refractivity contribution in [1.82, 2.24) is 9.21 Å². The SMILES string of the molecule is COCCN1C(=O)C(=O)/C(=C(\O)c2ccc(S(=O)(=O)N(C)C)cc2)C1c1ccc(F)cc1. The van der Waals surface area contributed by atoms with Crippen molar-refractivity contribution in [2.24, 2.45) is 0 Å². The number of amides is 1. The number of ether oxygens (including phenoxy) is 1. The Balaban J connectivity index is 2.11. The lowest BCUT2D eigenvalue weighted by molar-refractivity contribution is -0.140. The number of Topliss-reactive ketones (excluding diaryl/α,β-unsaturated/α-hetero) is 1. The highest BCUT2D eigenvalue weighted by atomic mass is 32.2. The van der Waals surface area contributed by atoms with E-state index >= 15 is 0 Å². The summed E-state index contributed by atoms with van der Waals surface area (Å²) in [6.07, 6.45) is 0. The Morgan fingerprint density at radius 1 is 1.09 bits per heavy atom. The fraction of sp³-hybridized carbons (Fsp3) is 0.273. The molecule has 1 N–H and O–H groups in total. The molecule has 3 rings (SSSR count). The van der Waals surface area contributed by atoms with Crippen LogP contribution in [0.3, 0.4) is 0 Å². The Bertz CT molecular complexity index is 1160. The standard InChI is InChI=1S/C22H23FN2O6S/c1-24(2)32(29,30)17-10-6-15(7-11-17)20(26)18-19(14-4-8-16(23)9-5-14)25(12-13-31-3)22(28)21(18)27/h4-11,19,26H,12-13H2,1-3H3/b20-18-. The second kappa shape index (κ2) is 9.19. The third-order valence-electron chi connectivity index (χ3n) is 5.17. The smallest absolute Gasteiger partial charge is 0.295 e. The first kappa shape index (κ1) is 23.6. The molecule has 2 aromatic rings. The quantitative estimate of drug-likeness (QED) is 0.384. The highest BCUT2D eigenvalue weighted by molar-refractivity contribution is 7.89. The second-order valence-corrected chi connectivity index (χ2v) is 9.50. The number of hydrogen-bond acceptors (Lipinski definition) is 6. The maximum absolute atomic E-state index is 13.5. The van der Waals surface area contributed by atoms with E-state index < -0.39 is 39.3 Å². The summed E-state index contributed by atoms with van der Waals surface area (Å²) in [7, 11) is 0.566. The molecule has 1 atom stereocenters. The molecule has 10 heteroatoms. The van der Waals surface area contributed by atoms with Gasteiger partial charge in [-0.25, -0.2) is 17.1 Å². The molecule has 0 saturated carbocycles. The van der Waals surface area contributed by atoms with E-state index in [2.05, 4.69) is 0 Å². The number of ketones is 1. The summed E-state index contributed by atoms with van der Waals surface area (Å²) in [5, 5.41) is 11.0. The van der Waals surface area contributed by atoms with Crippen molar-refractivity contribution in [3.05, 3.63) is 71.0 Å². The molecule has 0 aliphatic carbocycles. The third kappa shape index (κ3) is 4.29. The zero-order valence-corrected chi connectivity index (χ0v) is 18.6. The van der Waals surface area contributed by atoms with Gasteiger partial charge in [-0.1, -0.05) is 12.1 Å². The Morgan fingerprint density at radius 2 is 1.69 bits per heavy atom. The molecule has 1 amide bonds. The molecule has 1 fully saturated rings. The van der Waals surface area contributed by atoms with Crippen LogP contribution in [0, 0.1) is 5.82 Å². The number of aliphatic hydroxyl groups excluding tert-OH is 1. The van der Waals surface area contributed by atoms with Gasteiger partial charge in [0.15, 0.2) is 0 Å². The Hall–Kier alpha value is -3.08. The summed E-state index contributed by atoms with van der Waals surface area (Å²) in [5.41, 5.74) is 0.440. The van der Waals surface area contributed by atoms with Gasteiger partial charge in [0.2, 0.25) is 10.0 Å². The highest BCUT2D eigenvalue weighted by Crippen LogP contribution is 2.39. The van der Waals surface area contributed by atoms with Gasteiger partial charge >= 0.3 is 0 Å². The monoisotopic (exact) mass is 462 g/mol. The maximum atomic E-state index is 13.5. The van der Waals surface area contributed by atoms with Crippen LogP contribution in [0.1, 0.15) is 17.2 Å². The number of carbonyl (C=O) groups is 2. The lowest BCUT2D eigenvalue weighted by Crippen LogP contribution is -2.32. The largest absolute Gasteiger partial charge is 0.507 e. The summed E-state index contributed by atoms with van der Waals surface area (Å²) in [6, 6.07) is 9.65. The van der Waals surface area contributed by atoms with Crippen LogP contribution in [0.25, 0.3) is 5.76 Å². The Kier molecular flexibility index (Phi) is 6.77. The lowest BCUT2D eigenvalue weighted by Gasteiger charge is -2.25. The molecular weight excluding hydrogens is 439 g/mol. The van der Waals surface area contributed by atoms with Crippen LogP contribution in [0.4, 0.5) is 4.39 Å². The second-order valence-electron chi connectivity index (χ2n) is 7.35. The van der Waals surface area contributed by atoms with Crippen LogP contribution in [-0.4, -0.2) is 68.8 Å². The fourth-order valence-electron chi connectivity index (χ4n) is 3.44. The van der Waals surface area contributed by atoms with Gasteiger partial charge in [-0.15, -0.1) is 0 Å². The predicted octanol–water partition coefficient (Wildman–Crippen LogP) is 2.14. The summed E-state index contributed by atoms with van der Waals surface area (Å²) in [5.74, 6) is -2.64. The summed E-state index contributed by atoms with van der Waals surface area (Å²) in [6.45, 7) is 0.238. The molecule has 0 bridgehead atoms. The first-order chi connectivity index (χ1) is 15.1. The minimum Gasteiger partial charge on any atom is -0.507 e. The number of sulfonamides is 1. The van der Waals surface area contributed by atoms with Crippen LogP contribution >= 0.6 is 0 Å². The van der Waals surface area contributed by atoms with Gasteiger partial charge in [0, 0.05) is 33.3 Å². The van der Waals surface area contributed by atoms with Gasteiger partial charge in [-0.2, -0.15) is 0 Å². The number of aliphatic hydroxyl groups is 1. The van der Waals surface area contributed by atoms with Gasteiger partial charge in [0.05, 0.1) is 23.1 Å². The van der Waals surface area contributed by atoms with Crippen LogP contribution in [0.5, 0.6) is 0 Å². The molecule has 8 nitrogen and oxygen atoms in total. The predicted molar refractivity (Wildman–Crippen MR) is 115 cm³/mol. The van der Waals surface area contributed by atoms with E-state index in [1.807, 2.05) is 0 Å². The van der Waals surface area contributed by atoms with Gasteiger partial charge in [0.1, 0.15) is 11.6 Å². The Labute approximate surface area is 185 Å². The molecule has 0 radical (unpaired) electrons. The molecule has 2 aromatic carbocycles. The number of halogens is 1. The summed E-state index contributed by atoms with van der Waals surface area (Å²) in [4.78, 5) is 26.8. The molecule has 0 aromatic heterocycles. The minimum atomic E-state index is -3.68.